The molecule has 0 atom stereocenters. The topological polar surface area (TPSA) is 79.3 Å². The highest BCUT2D eigenvalue weighted by Gasteiger charge is 2.21. The molecule has 3 aromatic rings. The summed E-state index contributed by atoms with van der Waals surface area (Å²) in [6.45, 7) is 2.24. The molecule has 0 unspecified atom stereocenters. The smallest absolute Gasteiger partial charge is 0.172 e. The molecule has 1 saturated heterocycles. The van der Waals surface area contributed by atoms with Gasteiger partial charge in [-0.1, -0.05) is 24.6 Å². The molecule has 0 amide bonds. The van der Waals surface area contributed by atoms with Gasteiger partial charge in [-0.15, -0.1) is 10.2 Å². The molecule has 0 spiro atoms. The van der Waals surface area contributed by atoms with Crippen molar-refractivity contribution in [2.45, 2.75) is 32.1 Å². The lowest BCUT2D eigenvalue weighted by Gasteiger charge is -2.22. The summed E-state index contributed by atoms with van der Waals surface area (Å²) in [6.07, 6.45) is 7.38. The zero-order valence-electron chi connectivity index (χ0n) is 17.7. The average Bonchev–Trinajstić information content (AvgIpc) is 3.36. The second-order valence-electron chi connectivity index (χ2n) is 8.27. The van der Waals surface area contributed by atoms with Crippen LogP contribution in [0.15, 0.2) is 51.0 Å². The molecule has 3 heterocycles. The van der Waals surface area contributed by atoms with Crippen molar-refractivity contribution in [2.24, 2.45) is 16.1 Å². The highest BCUT2D eigenvalue weighted by Crippen LogP contribution is 2.42. The SMILES string of the molecule is COc1ccc2c(O)c(C=C3N=Nc4ccccc43)oc2c1CCCC1CCNCC1. The Hall–Kier alpha value is -3.12. The van der Waals surface area contributed by atoms with E-state index in [1.54, 1.807) is 13.2 Å². The molecule has 31 heavy (non-hydrogen) atoms. The summed E-state index contributed by atoms with van der Waals surface area (Å²) in [5.41, 5.74) is 4.15. The number of ether oxygens (including phenoxy) is 1. The Balaban J connectivity index is 1.45. The monoisotopic (exact) mass is 417 g/mol. The van der Waals surface area contributed by atoms with E-state index in [-0.39, 0.29) is 5.75 Å². The van der Waals surface area contributed by atoms with Gasteiger partial charge < -0.3 is 19.6 Å². The largest absolute Gasteiger partial charge is 0.504 e. The number of hydrogen-bond donors (Lipinski definition) is 2. The Kier molecular flexibility index (Phi) is 5.47. The predicted octanol–water partition coefficient (Wildman–Crippen LogP) is 6.06. The summed E-state index contributed by atoms with van der Waals surface area (Å²) in [6, 6.07) is 11.5. The van der Waals surface area contributed by atoms with Crippen LogP contribution in [0.2, 0.25) is 0 Å². The number of piperidine rings is 1. The van der Waals surface area contributed by atoms with E-state index in [0.717, 1.165) is 54.4 Å². The van der Waals surface area contributed by atoms with Crippen LogP contribution in [0.3, 0.4) is 0 Å². The molecule has 1 aromatic heterocycles. The van der Waals surface area contributed by atoms with Crippen LogP contribution in [0.1, 0.15) is 42.6 Å². The van der Waals surface area contributed by atoms with E-state index in [1.807, 2.05) is 36.4 Å². The van der Waals surface area contributed by atoms with Gasteiger partial charge in [-0.3, -0.25) is 0 Å². The maximum Gasteiger partial charge on any atom is 0.172 e. The minimum absolute atomic E-state index is 0.129. The maximum atomic E-state index is 10.9. The number of fused-ring (bicyclic) bond motifs is 2. The lowest BCUT2D eigenvalue weighted by Crippen LogP contribution is -2.27. The van der Waals surface area contributed by atoms with Gasteiger partial charge in [0.05, 0.1) is 23.9 Å². The summed E-state index contributed by atoms with van der Waals surface area (Å²) in [4.78, 5) is 0. The molecule has 2 aliphatic heterocycles. The third-order valence-corrected chi connectivity index (χ3v) is 6.35. The second-order valence-corrected chi connectivity index (χ2v) is 8.27. The van der Waals surface area contributed by atoms with E-state index in [2.05, 4.69) is 15.5 Å². The van der Waals surface area contributed by atoms with Crippen molar-refractivity contribution in [2.75, 3.05) is 20.2 Å². The normalized spacial score (nSPS) is 17.5. The van der Waals surface area contributed by atoms with E-state index < -0.39 is 0 Å². The van der Waals surface area contributed by atoms with Gasteiger partial charge in [-0.05, 0) is 62.9 Å². The molecule has 2 aromatic carbocycles. The molecule has 0 bridgehead atoms. The summed E-state index contributed by atoms with van der Waals surface area (Å²) >= 11 is 0. The molecule has 0 saturated carbocycles. The van der Waals surface area contributed by atoms with Crippen molar-refractivity contribution in [3.8, 4) is 11.5 Å². The van der Waals surface area contributed by atoms with E-state index in [9.17, 15) is 5.11 Å². The Labute approximate surface area is 181 Å². The highest BCUT2D eigenvalue weighted by molar-refractivity contribution is 5.95. The maximum absolute atomic E-state index is 10.9. The lowest BCUT2D eigenvalue weighted by atomic mass is 9.91. The molecule has 2 N–H and O–H groups in total. The first-order valence-corrected chi connectivity index (χ1v) is 11.0. The van der Waals surface area contributed by atoms with E-state index in [1.165, 1.54) is 19.3 Å². The molecule has 0 radical (unpaired) electrons. The van der Waals surface area contributed by atoms with Crippen LogP contribution in [0.25, 0.3) is 22.7 Å². The Morgan fingerprint density at radius 1 is 1.16 bits per heavy atom. The molecule has 6 nitrogen and oxygen atoms in total. The number of azo groups is 1. The van der Waals surface area contributed by atoms with Crippen molar-refractivity contribution in [3.05, 3.63) is 53.3 Å². The van der Waals surface area contributed by atoms with Gasteiger partial charge in [0.25, 0.3) is 0 Å². The third-order valence-electron chi connectivity index (χ3n) is 6.35. The first-order valence-electron chi connectivity index (χ1n) is 11.0. The number of nitrogens with zero attached hydrogens (tertiary/aromatic N) is 2. The van der Waals surface area contributed by atoms with Crippen molar-refractivity contribution in [3.63, 3.8) is 0 Å². The zero-order valence-corrected chi connectivity index (χ0v) is 17.7. The fourth-order valence-corrected chi connectivity index (χ4v) is 4.64. The minimum atomic E-state index is 0.129. The van der Waals surface area contributed by atoms with Crippen LogP contribution >= 0.6 is 0 Å². The van der Waals surface area contributed by atoms with Gasteiger partial charge in [0.15, 0.2) is 11.5 Å². The highest BCUT2D eigenvalue weighted by atomic mass is 16.5. The number of methoxy groups -OCH3 is 1. The van der Waals surface area contributed by atoms with Crippen LogP contribution < -0.4 is 10.1 Å². The van der Waals surface area contributed by atoms with Gasteiger partial charge in [0.1, 0.15) is 11.3 Å². The van der Waals surface area contributed by atoms with Crippen molar-refractivity contribution in [1.82, 2.24) is 5.32 Å². The fraction of sp³-hybridized carbons (Fsp3) is 0.360. The standard InChI is InChI=1S/C25H27N3O3/c1-30-22-10-9-19-24(29)23(15-21-17-6-2-3-8-20(17)27-28-21)31-25(19)18(22)7-4-5-16-11-13-26-14-12-16/h2-3,6,8-10,15-16,26,29H,4-5,7,11-14H2,1H3. The molecule has 6 heteroatoms. The number of hydrogen-bond acceptors (Lipinski definition) is 6. The van der Waals surface area contributed by atoms with E-state index in [0.29, 0.717) is 22.4 Å². The lowest BCUT2D eigenvalue weighted by molar-refractivity contribution is 0.345. The number of aromatic hydroxyl groups is 1. The van der Waals surface area contributed by atoms with Gasteiger partial charge in [0, 0.05) is 17.2 Å². The van der Waals surface area contributed by atoms with Crippen LogP contribution in [0, 0.1) is 5.92 Å². The van der Waals surface area contributed by atoms with Crippen molar-refractivity contribution >= 4 is 28.4 Å². The molecule has 0 aliphatic carbocycles. The minimum Gasteiger partial charge on any atom is -0.504 e. The Morgan fingerprint density at radius 3 is 2.84 bits per heavy atom. The van der Waals surface area contributed by atoms with Gasteiger partial charge >= 0.3 is 0 Å². The predicted molar refractivity (Wildman–Crippen MR) is 122 cm³/mol. The summed E-state index contributed by atoms with van der Waals surface area (Å²) in [5.74, 6) is 2.11. The van der Waals surface area contributed by atoms with Gasteiger partial charge in [-0.25, -0.2) is 0 Å². The first kappa shape index (κ1) is 19.8. The quantitative estimate of drug-likeness (QED) is 0.510. The molecule has 160 valence electrons. The van der Waals surface area contributed by atoms with Crippen molar-refractivity contribution < 1.29 is 14.3 Å². The Morgan fingerprint density at radius 2 is 2.00 bits per heavy atom. The molecular formula is C25H27N3O3. The summed E-state index contributed by atoms with van der Waals surface area (Å²) in [5, 5.41) is 23.4. The molecule has 1 fully saturated rings. The fourth-order valence-electron chi connectivity index (χ4n) is 4.64. The number of rotatable bonds is 6. The van der Waals surface area contributed by atoms with Crippen LogP contribution in [-0.2, 0) is 6.42 Å². The van der Waals surface area contributed by atoms with Crippen LogP contribution in [0.4, 0.5) is 5.69 Å². The number of benzene rings is 2. The van der Waals surface area contributed by atoms with Gasteiger partial charge in [-0.2, -0.15) is 0 Å². The van der Waals surface area contributed by atoms with Crippen LogP contribution in [0.5, 0.6) is 11.5 Å². The zero-order chi connectivity index (χ0) is 21.2. The summed E-state index contributed by atoms with van der Waals surface area (Å²) in [7, 11) is 1.68. The molecule has 2 aliphatic rings. The van der Waals surface area contributed by atoms with E-state index in [4.69, 9.17) is 9.15 Å². The molecule has 5 rings (SSSR count). The van der Waals surface area contributed by atoms with Gasteiger partial charge in [0.2, 0.25) is 0 Å². The van der Waals surface area contributed by atoms with E-state index >= 15 is 0 Å². The van der Waals surface area contributed by atoms with Crippen LogP contribution in [-0.4, -0.2) is 25.3 Å². The third kappa shape index (κ3) is 3.83. The Bertz CT molecular complexity index is 1160. The summed E-state index contributed by atoms with van der Waals surface area (Å²) < 4.78 is 11.8. The average molecular weight is 418 g/mol. The number of nitrogens with one attached hydrogen (secondary N) is 1. The van der Waals surface area contributed by atoms with Crippen molar-refractivity contribution in [1.29, 1.82) is 0 Å². The first-order chi connectivity index (χ1) is 15.2. The number of furan rings is 1. The second kappa shape index (κ2) is 8.55. The number of aryl methyl sites for hydroxylation is 1. The molecular weight excluding hydrogens is 390 g/mol.